The van der Waals surface area contributed by atoms with Gasteiger partial charge in [0.1, 0.15) is 0 Å². The van der Waals surface area contributed by atoms with Crippen molar-refractivity contribution in [3.8, 4) is 0 Å². The molecule has 0 radical (unpaired) electrons. The van der Waals surface area contributed by atoms with Crippen LogP contribution in [0, 0.1) is 5.92 Å². The van der Waals surface area contributed by atoms with Crippen molar-refractivity contribution < 1.29 is 4.79 Å². The van der Waals surface area contributed by atoms with Crippen molar-refractivity contribution in [2.45, 2.75) is 31.7 Å². The Morgan fingerprint density at radius 3 is 2.62 bits per heavy atom. The first kappa shape index (κ1) is 17.1. The van der Waals surface area contributed by atoms with Gasteiger partial charge in [-0.15, -0.1) is 11.3 Å². The molecule has 1 aromatic heterocycles. The van der Waals surface area contributed by atoms with Crippen LogP contribution in [0.3, 0.4) is 0 Å². The van der Waals surface area contributed by atoms with Crippen molar-refractivity contribution in [1.82, 2.24) is 16.0 Å². The molecule has 1 saturated carbocycles. The van der Waals surface area contributed by atoms with Crippen molar-refractivity contribution in [3.05, 3.63) is 17.5 Å². The number of nitrogens with one attached hydrogen (secondary N) is 3. The number of piperidine rings is 1. The van der Waals surface area contributed by atoms with Gasteiger partial charge in [0.25, 0.3) is 0 Å². The number of thiophene rings is 1. The fraction of sp³-hybridized carbons (Fsp3) is 0.647. The number of carbonyl (C=O) groups is 1. The molecule has 2 fully saturated rings. The predicted molar refractivity (Wildman–Crippen MR) is 99.8 cm³/mol. The first-order valence-corrected chi connectivity index (χ1v) is 9.67. The summed E-state index contributed by atoms with van der Waals surface area (Å²) in [5.74, 6) is 1.29. The smallest absolute Gasteiger partial charge is 0.223 e. The van der Waals surface area contributed by atoms with E-state index in [0.29, 0.717) is 19.1 Å². The largest absolute Gasteiger partial charge is 0.363 e. The van der Waals surface area contributed by atoms with Crippen LogP contribution in [0.2, 0.25) is 0 Å². The van der Waals surface area contributed by atoms with Crippen LogP contribution in [0.4, 0.5) is 5.00 Å². The second-order valence-electron chi connectivity index (χ2n) is 6.42. The number of carbonyl (C=O) groups excluding carboxylic acids is 1. The van der Waals surface area contributed by atoms with Gasteiger partial charge in [-0.25, -0.2) is 0 Å². The van der Waals surface area contributed by atoms with E-state index >= 15 is 0 Å². The summed E-state index contributed by atoms with van der Waals surface area (Å²) in [6.45, 7) is 3.50. The van der Waals surface area contributed by atoms with Crippen LogP contribution < -0.4 is 20.9 Å². The van der Waals surface area contributed by atoms with Crippen LogP contribution >= 0.6 is 11.3 Å². The summed E-state index contributed by atoms with van der Waals surface area (Å²) >= 11 is 1.81. The van der Waals surface area contributed by atoms with E-state index in [0.717, 1.165) is 44.7 Å². The minimum absolute atomic E-state index is 0.195. The second kappa shape index (κ2) is 8.37. The lowest BCUT2D eigenvalue weighted by atomic mass is 10.1. The van der Waals surface area contributed by atoms with Gasteiger partial charge in [-0.1, -0.05) is 0 Å². The molecule has 132 valence electrons. The third-order valence-electron chi connectivity index (χ3n) is 4.54. The number of hydrogen-bond acceptors (Lipinski definition) is 4. The fourth-order valence-corrected chi connectivity index (χ4v) is 3.72. The Labute approximate surface area is 147 Å². The number of amides is 1. The van der Waals surface area contributed by atoms with Gasteiger partial charge in [0.2, 0.25) is 5.91 Å². The number of guanidine groups is 1. The van der Waals surface area contributed by atoms with Gasteiger partial charge >= 0.3 is 0 Å². The molecule has 0 spiro atoms. The lowest BCUT2D eigenvalue weighted by Gasteiger charge is -2.33. The summed E-state index contributed by atoms with van der Waals surface area (Å²) in [5, 5.41) is 13.2. The average molecular weight is 350 g/mol. The molecule has 0 bridgehead atoms. The van der Waals surface area contributed by atoms with E-state index in [1.54, 1.807) is 18.4 Å². The molecular formula is C17H27N5OS. The van der Waals surface area contributed by atoms with Gasteiger partial charge in [0.15, 0.2) is 5.96 Å². The van der Waals surface area contributed by atoms with Crippen LogP contribution in [0.15, 0.2) is 22.5 Å². The van der Waals surface area contributed by atoms with E-state index in [1.807, 2.05) is 0 Å². The highest BCUT2D eigenvalue weighted by Gasteiger charge is 2.29. The third kappa shape index (κ3) is 4.87. The van der Waals surface area contributed by atoms with Crippen molar-refractivity contribution in [3.63, 3.8) is 0 Å². The van der Waals surface area contributed by atoms with Crippen LogP contribution in [0.25, 0.3) is 0 Å². The number of anilines is 1. The Kier molecular flexibility index (Phi) is 5.96. The lowest BCUT2D eigenvalue weighted by Crippen LogP contribution is -2.49. The van der Waals surface area contributed by atoms with Crippen molar-refractivity contribution >= 4 is 28.2 Å². The molecule has 24 heavy (non-hydrogen) atoms. The quantitative estimate of drug-likeness (QED) is 0.413. The van der Waals surface area contributed by atoms with Crippen molar-refractivity contribution in [1.29, 1.82) is 0 Å². The molecule has 0 atom stereocenters. The minimum Gasteiger partial charge on any atom is -0.363 e. The van der Waals surface area contributed by atoms with Gasteiger partial charge in [0, 0.05) is 45.2 Å². The summed E-state index contributed by atoms with van der Waals surface area (Å²) in [6.07, 6.45) is 4.31. The molecule has 6 nitrogen and oxygen atoms in total. The molecule has 3 rings (SSSR count). The molecule has 0 aromatic carbocycles. The Morgan fingerprint density at radius 2 is 2.00 bits per heavy atom. The lowest BCUT2D eigenvalue weighted by molar-refractivity contribution is -0.122. The van der Waals surface area contributed by atoms with Crippen LogP contribution in [0.1, 0.15) is 25.7 Å². The first-order chi connectivity index (χ1) is 11.8. The highest BCUT2D eigenvalue weighted by Crippen LogP contribution is 2.28. The van der Waals surface area contributed by atoms with E-state index in [-0.39, 0.29) is 11.8 Å². The van der Waals surface area contributed by atoms with Gasteiger partial charge in [-0.3, -0.25) is 9.79 Å². The minimum atomic E-state index is 0.195. The van der Waals surface area contributed by atoms with Gasteiger partial charge < -0.3 is 20.9 Å². The zero-order valence-electron chi connectivity index (χ0n) is 14.3. The van der Waals surface area contributed by atoms with E-state index in [9.17, 15) is 4.79 Å². The van der Waals surface area contributed by atoms with Crippen molar-refractivity contribution in [2.75, 3.05) is 38.1 Å². The zero-order valence-corrected chi connectivity index (χ0v) is 15.1. The van der Waals surface area contributed by atoms with Gasteiger partial charge in [0.05, 0.1) is 5.00 Å². The maximum atomic E-state index is 11.6. The summed E-state index contributed by atoms with van der Waals surface area (Å²) in [6, 6.07) is 4.75. The SMILES string of the molecule is CN=C(NCCNC(=O)C1CC1)NC1CCN(c2cccs2)CC1. The zero-order chi connectivity index (χ0) is 16.8. The Balaban J connectivity index is 1.33. The topological polar surface area (TPSA) is 68.8 Å². The van der Waals surface area contributed by atoms with Crippen LogP contribution in [-0.2, 0) is 4.79 Å². The number of rotatable bonds is 6. The maximum Gasteiger partial charge on any atom is 0.223 e. The highest BCUT2D eigenvalue weighted by atomic mass is 32.1. The Hall–Kier alpha value is -1.76. The van der Waals surface area contributed by atoms with Crippen LogP contribution in [-0.4, -0.2) is 51.1 Å². The normalized spacial score (nSPS) is 19.2. The molecular weight excluding hydrogens is 322 g/mol. The second-order valence-corrected chi connectivity index (χ2v) is 7.35. The molecule has 3 N–H and O–H groups in total. The van der Waals surface area contributed by atoms with E-state index < -0.39 is 0 Å². The van der Waals surface area contributed by atoms with E-state index in [2.05, 4.69) is 43.4 Å². The standard InChI is InChI=1S/C17H27N5OS/c1-18-17(20-9-8-19-16(23)13-4-5-13)21-14-6-10-22(11-7-14)15-3-2-12-24-15/h2-3,12-14H,4-11H2,1H3,(H,19,23)(H2,18,20,21). The number of aliphatic imine (C=N–C) groups is 1. The summed E-state index contributed by atoms with van der Waals surface area (Å²) in [5.41, 5.74) is 0. The average Bonchev–Trinajstić information content (AvgIpc) is 3.33. The van der Waals surface area contributed by atoms with Gasteiger partial charge in [-0.05, 0) is 43.2 Å². The molecule has 1 aromatic rings. The van der Waals surface area contributed by atoms with E-state index in [1.165, 1.54) is 5.00 Å². The summed E-state index contributed by atoms with van der Waals surface area (Å²) < 4.78 is 0. The molecule has 2 aliphatic rings. The number of nitrogens with zero attached hydrogens (tertiary/aromatic N) is 2. The maximum absolute atomic E-state index is 11.6. The molecule has 7 heteroatoms. The first-order valence-electron chi connectivity index (χ1n) is 8.79. The fourth-order valence-electron chi connectivity index (χ4n) is 2.94. The molecule has 1 aliphatic heterocycles. The highest BCUT2D eigenvalue weighted by molar-refractivity contribution is 7.14. The van der Waals surface area contributed by atoms with Crippen LogP contribution in [0.5, 0.6) is 0 Å². The third-order valence-corrected chi connectivity index (χ3v) is 5.47. The summed E-state index contributed by atoms with van der Waals surface area (Å²) in [4.78, 5) is 18.3. The molecule has 1 saturated heterocycles. The summed E-state index contributed by atoms with van der Waals surface area (Å²) in [7, 11) is 1.79. The Bertz CT molecular complexity index is 547. The van der Waals surface area contributed by atoms with E-state index in [4.69, 9.17) is 0 Å². The predicted octanol–water partition coefficient (Wildman–Crippen LogP) is 1.41. The van der Waals surface area contributed by atoms with Crippen molar-refractivity contribution in [2.24, 2.45) is 10.9 Å². The molecule has 1 aliphatic carbocycles. The molecule has 2 heterocycles. The molecule has 1 amide bonds. The monoisotopic (exact) mass is 349 g/mol. The van der Waals surface area contributed by atoms with Gasteiger partial charge in [-0.2, -0.15) is 0 Å². The Morgan fingerprint density at radius 1 is 1.25 bits per heavy atom. The molecule has 0 unspecified atom stereocenters. The number of hydrogen-bond donors (Lipinski definition) is 3.